The van der Waals surface area contributed by atoms with Gasteiger partial charge in [0, 0.05) is 18.6 Å². The Balaban J connectivity index is 4.61. The van der Waals surface area contributed by atoms with Crippen molar-refractivity contribution < 1.29 is 13.5 Å². The van der Waals surface area contributed by atoms with Gasteiger partial charge in [-0.25, -0.2) is 13.1 Å². The second kappa shape index (κ2) is 6.18. The first kappa shape index (κ1) is 15.4. The van der Waals surface area contributed by atoms with E-state index in [0.29, 0.717) is 12.8 Å². The summed E-state index contributed by atoms with van der Waals surface area (Å²) in [7, 11) is -3.60. The van der Waals surface area contributed by atoms with Gasteiger partial charge in [-0.15, -0.1) is 0 Å². The summed E-state index contributed by atoms with van der Waals surface area (Å²) in [6.07, 6.45) is 1.37. The highest BCUT2D eigenvalue weighted by molar-refractivity contribution is 7.90. The number of aliphatic hydroxyl groups is 1. The molecule has 0 spiro atoms. The van der Waals surface area contributed by atoms with E-state index < -0.39 is 20.7 Å². The van der Waals surface area contributed by atoms with Crippen molar-refractivity contribution in [3.05, 3.63) is 0 Å². The summed E-state index contributed by atoms with van der Waals surface area (Å²) >= 11 is 0. The fourth-order valence-corrected chi connectivity index (χ4v) is 2.12. The third kappa shape index (κ3) is 3.74. The normalized spacial score (nSPS) is 14.4. The molecule has 2 N–H and O–H groups in total. The molecule has 0 aliphatic carbocycles. The molecule has 5 nitrogen and oxygen atoms in total. The first-order valence-electron chi connectivity index (χ1n) is 5.36. The maximum absolute atomic E-state index is 11.5. The second-order valence-corrected chi connectivity index (χ2v) is 6.09. The van der Waals surface area contributed by atoms with Crippen LogP contribution < -0.4 is 4.72 Å². The van der Waals surface area contributed by atoms with Crippen LogP contribution in [-0.4, -0.2) is 31.9 Å². The van der Waals surface area contributed by atoms with Gasteiger partial charge in [-0.2, -0.15) is 5.26 Å². The molecule has 16 heavy (non-hydrogen) atoms. The van der Waals surface area contributed by atoms with E-state index in [0.717, 1.165) is 0 Å². The van der Waals surface area contributed by atoms with E-state index in [9.17, 15) is 13.5 Å². The first-order chi connectivity index (χ1) is 7.37. The molecule has 6 heteroatoms. The number of nitriles is 1. The van der Waals surface area contributed by atoms with Crippen LogP contribution in [-0.2, 0) is 10.0 Å². The maximum Gasteiger partial charge on any atom is 0.227 e. The summed E-state index contributed by atoms with van der Waals surface area (Å²) in [5.74, 6) is 0. The number of rotatable bonds is 7. The molecule has 1 unspecified atom stereocenters. The van der Waals surface area contributed by atoms with Crippen molar-refractivity contribution in [3.8, 4) is 6.07 Å². The van der Waals surface area contributed by atoms with Crippen LogP contribution in [0, 0.1) is 16.7 Å². The summed E-state index contributed by atoms with van der Waals surface area (Å²) in [5.41, 5.74) is -0.428. The molecule has 0 radical (unpaired) electrons. The maximum atomic E-state index is 11.5. The zero-order chi connectivity index (χ0) is 12.8. The zero-order valence-corrected chi connectivity index (χ0v) is 10.8. The van der Waals surface area contributed by atoms with E-state index in [1.807, 2.05) is 13.8 Å². The quantitative estimate of drug-likeness (QED) is 0.691. The Kier molecular flexibility index (Phi) is 5.94. The van der Waals surface area contributed by atoms with Gasteiger partial charge in [0.2, 0.25) is 10.0 Å². The van der Waals surface area contributed by atoms with Crippen LogP contribution in [0.3, 0.4) is 0 Å². The van der Waals surface area contributed by atoms with Crippen molar-refractivity contribution in [2.75, 3.05) is 13.2 Å². The van der Waals surface area contributed by atoms with E-state index >= 15 is 0 Å². The highest BCUT2D eigenvalue weighted by Gasteiger charge is 2.29. The van der Waals surface area contributed by atoms with Crippen molar-refractivity contribution in [2.24, 2.45) is 5.41 Å². The molecule has 0 saturated carbocycles. The lowest BCUT2D eigenvalue weighted by atomic mass is 9.84. The Morgan fingerprint density at radius 3 is 2.25 bits per heavy atom. The van der Waals surface area contributed by atoms with Gasteiger partial charge in [0.15, 0.2) is 5.25 Å². The van der Waals surface area contributed by atoms with Crippen molar-refractivity contribution in [3.63, 3.8) is 0 Å². The van der Waals surface area contributed by atoms with Gasteiger partial charge in [0.25, 0.3) is 0 Å². The topological polar surface area (TPSA) is 90.2 Å². The molecule has 0 heterocycles. The van der Waals surface area contributed by atoms with Gasteiger partial charge in [0.05, 0.1) is 6.07 Å². The van der Waals surface area contributed by atoms with Crippen molar-refractivity contribution >= 4 is 10.0 Å². The number of aliphatic hydroxyl groups excluding tert-OH is 1. The summed E-state index contributed by atoms with van der Waals surface area (Å²) in [6, 6.07) is 1.68. The molecule has 0 aromatic carbocycles. The number of sulfonamides is 1. The van der Waals surface area contributed by atoms with Gasteiger partial charge in [-0.1, -0.05) is 13.8 Å². The Bertz CT molecular complexity index is 333. The van der Waals surface area contributed by atoms with Crippen LogP contribution in [0.2, 0.25) is 0 Å². The molecular formula is C10H20N2O3S. The third-order valence-corrected chi connectivity index (χ3v) is 4.71. The molecule has 0 aromatic heterocycles. The van der Waals surface area contributed by atoms with E-state index in [1.54, 1.807) is 6.07 Å². The van der Waals surface area contributed by atoms with Crippen molar-refractivity contribution in [2.45, 2.75) is 38.9 Å². The standard InChI is InChI=1S/C10H20N2O3S/c1-4-10(5-2,8-13)7-12-16(14,15)9(3)6-11/h9,12-13H,4-5,7-8H2,1-3H3. The molecule has 0 aliphatic rings. The van der Waals surface area contributed by atoms with Gasteiger partial charge in [0.1, 0.15) is 0 Å². The Labute approximate surface area is 97.5 Å². The Morgan fingerprint density at radius 2 is 1.94 bits per heavy atom. The molecule has 0 aromatic rings. The summed E-state index contributed by atoms with van der Waals surface area (Å²) in [6.45, 7) is 5.25. The van der Waals surface area contributed by atoms with Crippen molar-refractivity contribution in [1.29, 1.82) is 5.26 Å². The smallest absolute Gasteiger partial charge is 0.227 e. The molecule has 0 rings (SSSR count). The molecule has 0 fully saturated rings. The SMILES string of the molecule is CCC(CC)(CO)CNS(=O)(=O)C(C)C#N. The minimum Gasteiger partial charge on any atom is -0.396 e. The number of hydrogen-bond acceptors (Lipinski definition) is 4. The largest absolute Gasteiger partial charge is 0.396 e. The van der Waals surface area contributed by atoms with E-state index in [2.05, 4.69) is 4.72 Å². The molecule has 0 bridgehead atoms. The fraction of sp³-hybridized carbons (Fsp3) is 0.900. The van der Waals surface area contributed by atoms with Gasteiger partial charge in [-0.05, 0) is 19.8 Å². The molecule has 0 amide bonds. The lowest BCUT2D eigenvalue weighted by Crippen LogP contribution is -2.42. The molecule has 1 atom stereocenters. The average molecular weight is 248 g/mol. The highest BCUT2D eigenvalue weighted by Crippen LogP contribution is 2.24. The van der Waals surface area contributed by atoms with E-state index in [-0.39, 0.29) is 13.2 Å². The van der Waals surface area contributed by atoms with Gasteiger partial charge < -0.3 is 5.11 Å². The first-order valence-corrected chi connectivity index (χ1v) is 6.91. The van der Waals surface area contributed by atoms with Crippen LogP contribution >= 0.6 is 0 Å². The Morgan fingerprint density at radius 1 is 1.44 bits per heavy atom. The van der Waals surface area contributed by atoms with E-state index in [1.165, 1.54) is 6.92 Å². The van der Waals surface area contributed by atoms with Crippen LogP contribution in [0.25, 0.3) is 0 Å². The number of hydrogen-bond donors (Lipinski definition) is 2. The molecule has 0 aliphatic heterocycles. The number of nitrogens with one attached hydrogen (secondary N) is 1. The van der Waals surface area contributed by atoms with Crippen LogP contribution in [0.5, 0.6) is 0 Å². The van der Waals surface area contributed by atoms with Crippen molar-refractivity contribution in [1.82, 2.24) is 4.72 Å². The predicted molar refractivity (Wildman–Crippen MR) is 62.1 cm³/mol. The van der Waals surface area contributed by atoms with Gasteiger partial charge in [-0.3, -0.25) is 0 Å². The minimum absolute atomic E-state index is 0.0660. The van der Waals surface area contributed by atoms with Crippen LogP contribution in [0.15, 0.2) is 0 Å². The third-order valence-electron chi connectivity index (χ3n) is 3.13. The molecular weight excluding hydrogens is 228 g/mol. The predicted octanol–water partition coefficient (Wildman–Crippen LogP) is 0.617. The number of nitrogens with zero attached hydrogens (tertiary/aromatic N) is 1. The Hall–Kier alpha value is -0.640. The summed E-state index contributed by atoms with van der Waals surface area (Å²) in [4.78, 5) is 0. The summed E-state index contributed by atoms with van der Waals surface area (Å²) < 4.78 is 25.5. The highest BCUT2D eigenvalue weighted by atomic mass is 32.2. The molecule has 0 saturated heterocycles. The lowest BCUT2D eigenvalue weighted by Gasteiger charge is -2.29. The zero-order valence-electron chi connectivity index (χ0n) is 10.0. The van der Waals surface area contributed by atoms with Crippen LogP contribution in [0.4, 0.5) is 0 Å². The average Bonchev–Trinajstić information content (AvgIpc) is 2.30. The van der Waals surface area contributed by atoms with Crippen LogP contribution in [0.1, 0.15) is 33.6 Å². The second-order valence-electron chi connectivity index (χ2n) is 4.00. The lowest BCUT2D eigenvalue weighted by molar-refractivity contribution is 0.119. The summed E-state index contributed by atoms with van der Waals surface area (Å²) in [5, 5.41) is 16.8. The molecule has 94 valence electrons. The minimum atomic E-state index is -3.60. The fourth-order valence-electron chi connectivity index (χ4n) is 1.23. The van der Waals surface area contributed by atoms with E-state index in [4.69, 9.17) is 5.26 Å². The van der Waals surface area contributed by atoms with Gasteiger partial charge >= 0.3 is 0 Å². The monoisotopic (exact) mass is 248 g/mol.